The molecule has 0 unspecified atom stereocenters. The average molecular weight is 234 g/mol. The summed E-state index contributed by atoms with van der Waals surface area (Å²) >= 11 is 0. The summed E-state index contributed by atoms with van der Waals surface area (Å²) in [6, 6.07) is 12.3. The van der Waals surface area contributed by atoms with Gasteiger partial charge in [-0.05, 0) is 60.1 Å². The predicted octanol–water partition coefficient (Wildman–Crippen LogP) is 3.11. The standard InChI is InChI=1S/C17H14O/c18-17(15-7-3-11-1-5-13(11)9-15)16-8-4-12-2-6-14(12)10-16/h3-4,7-10H,1-2,5-6H2. The van der Waals surface area contributed by atoms with Gasteiger partial charge in [-0.1, -0.05) is 24.3 Å². The quantitative estimate of drug-likeness (QED) is 0.730. The van der Waals surface area contributed by atoms with E-state index in [1.807, 2.05) is 12.1 Å². The molecule has 0 N–H and O–H groups in total. The molecule has 0 aromatic heterocycles. The number of aryl methyl sites for hydroxylation is 4. The van der Waals surface area contributed by atoms with Gasteiger partial charge in [-0.15, -0.1) is 0 Å². The summed E-state index contributed by atoms with van der Waals surface area (Å²) in [7, 11) is 0. The third kappa shape index (κ3) is 1.37. The molecule has 88 valence electrons. The van der Waals surface area contributed by atoms with Crippen molar-refractivity contribution in [2.45, 2.75) is 25.7 Å². The topological polar surface area (TPSA) is 17.1 Å². The van der Waals surface area contributed by atoms with Gasteiger partial charge < -0.3 is 0 Å². The molecule has 0 aliphatic heterocycles. The van der Waals surface area contributed by atoms with Crippen LogP contribution >= 0.6 is 0 Å². The molecule has 0 saturated heterocycles. The van der Waals surface area contributed by atoms with Crippen LogP contribution in [-0.4, -0.2) is 5.78 Å². The van der Waals surface area contributed by atoms with E-state index in [1.165, 1.54) is 35.1 Å². The second kappa shape index (κ2) is 3.55. The number of carbonyl (C=O) groups excluding carboxylic acids is 1. The Morgan fingerprint density at radius 2 is 1.11 bits per heavy atom. The lowest BCUT2D eigenvalue weighted by molar-refractivity contribution is 0.103. The van der Waals surface area contributed by atoms with Crippen LogP contribution < -0.4 is 0 Å². The second-order valence-corrected chi connectivity index (χ2v) is 5.30. The van der Waals surface area contributed by atoms with E-state index in [2.05, 4.69) is 24.3 Å². The number of rotatable bonds is 2. The van der Waals surface area contributed by atoms with E-state index in [0.29, 0.717) is 0 Å². The van der Waals surface area contributed by atoms with Crippen molar-refractivity contribution in [3.63, 3.8) is 0 Å². The molecule has 2 aliphatic rings. The van der Waals surface area contributed by atoms with Crippen LogP contribution in [-0.2, 0) is 25.7 Å². The fraction of sp³-hybridized carbons (Fsp3) is 0.235. The molecule has 0 fully saturated rings. The van der Waals surface area contributed by atoms with Gasteiger partial charge >= 0.3 is 0 Å². The first-order valence-corrected chi connectivity index (χ1v) is 6.59. The lowest BCUT2D eigenvalue weighted by Gasteiger charge is -2.20. The first kappa shape index (κ1) is 10.1. The van der Waals surface area contributed by atoms with Crippen LogP contribution in [0.1, 0.15) is 38.2 Å². The van der Waals surface area contributed by atoms with Crippen LogP contribution in [0.25, 0.3) is 0 Å². The van der Waals surface area contributed by atoms with Gasteiger partial charge in [0.15, 0.2) is 5.78 Å². The lowest BCUT2D eigenvalue weighted by atomic mass is 9.84. The van der Waals surface area contributed by atoms with Gasteiger partial charge in [-0.25, -0.2) is 0 Å². The Bertz CT molecular complexity index is 610. The molecule has 0 saturated carbocycles. The largest absolute Gasteiger partial charge is 0.289 e. The van der Waals surface area contributed by atoms with Gasteiger partial charge in [0.25, 0.3) is 0 Å². The predicted molar refractivity (Wildman–Crippen MR) is 71.1 cm³/mol. The molecular formula is C17H14O. The smallest absolute Gasteiger partial charge is 0.193 e. The number of benzene rings is 2. The average Bonchev–Trinajstić information content (AvgIpc) is 2.32. The zero-order valence-electron chi connectivity index (χ0n) is 10.2. The molecule has 0 radical (unpaired) electrons. The monoisotopic (exact) mass is 234 g/mol. The van der Waals surface area contributed by atoms with Crippen molar-refractivity contribution in [1.29, 1.82) is 0 Å². The summed E-state index contributed by atoms with van der Waals surface area (Å²) in [5.41, 5.74) is 7.20. The molecule has 0 bridgehead atoms. The minimum atomic E-state index is 0.166. The second-order valence-electron chi connectivity index (χ2n) is 5.30. The lowest BCUT2D eigenvalue weighted by Crippen LogP contribution is -2.13. The molecule has 0 heterocycles. The molecule has 1 heteroatoms. The maximum Gasteiger partial charge on any atom is 0.193 e. The number of carbonyl (C=O) groups is 1. The van der Waals surface area contributed by atoms with Gasteiger partial charge in [0.2, 0.25) is 0 Å². The summed E-state index contributed by atoms with van der Waals surface area (Å²) in [5, 5.41) is 0. The van der Waals surface area contributed by atoms with Crippen LogP contribution in [0.4, 0.5) is 0 Å². The van der Waals surface area contributed by atoms with Crippen molar-refractivity contribution in [2.75, 3.05) is 0 Å². The Hall–Kier alpha value is -1.89. The van der Waals surface area contributed by atoms with Crippen LogP contribution in [0.5, 0.6) is 0 Å². The first-order valence-electron chi connectivity index (χ1n) is 6.59. The zero-order valence-corrected chi connectivity index (χ0v) is 10.2. The fourth-order valence-corrected chi connectivity index (χ4v) is 2.84. The van der Waals surface area contributed by atoms with Crippen molar-refractivity contribution < 1.29 is 4.79 Å². The highest BCUT2D eigenvalue weighted by Crippen LogP contribution is 2.27. The Labute approximate surface area is 106 Å². The highest BCUT2D eigenvalue weighted by molar-refractivity contribution is 6.09. The molecule has 0 atom stereocenters. The van der Waals surface area contributed by atoms with Gasteiger partial charge in [-0.3, -0.25) is 4.79 Å². The minimum Gasteiger partial charge on any atom is -0.289 e. The Kier molecular flexibility index (Phi) is 1.99. The van der Waals surface area contributed by atoms with E-state index in [0.717, 1.165) is 24.0 Å². The summed E-state index contributed by atoms with van der Waals surface area (Å²) in [5.74, 6) is 0.166. The van der Waals surface area contributed by atoms with Crippen LogP contribution in [0.2, 0.25) is 0 Å². The van der Waals surface area contributed by atoms with E-state index in [1.54, 1.807) is 0 Å². The Balaban J connectivity index is 1.72. The summed E-state index contributed by atoms with van der Waals surface area (Å²) in [6.07, 6.45) is 4.59. The third-order valence-electron chi connectivity index (χ3n) is 4.26. The molecule has 18 heavy (non-hydrogen) atoms. The molecule has 4 rings (SSSR count). The number of hydrogen-bond acceptors (Lipinski definition) is 1. The third-order valence-corrected chi connectivity index (χ3v) is 4.26. The fourth-order valence-electron chi connectivity index (χ4n) is 2.84. The van der Waals surface area contributed by atoms with Gasteiger partial charge in [0.1, 0.15) is 0 Å². The normalized spacial score (nSPS) is 15.1. The highest BCUT2D eigenvalue weighted by Gasteiger charge is 2.19. The van der Waals surface area contributed by atoms with Crippen LogP contribution in [0.3, 0.4) is 0 Å². The zero-order chi connectivity index (χ0) is 12.1. The maximum absolute atomic E-state index is 12.4. The number of fused-ring (bicyclic) bond motifs is 2. The Morgan fingerprint density at radius 1 is 0.667 bits per heavy atom. The van der Waals surface area contributed by atoms with Crippen molar-refractivity contribution in [3.8, 4) is 0 Å². The molecular weight excluding hydrogens is 220 g/mol. The van der Waals surface area contributed by atoms with Gasteiger partial charge in [0.05, 0.1) is 0 Å². The summed E-state index contributed by atoms with van der Waals surface area (Å²) in [4.78, 5) is 12.4. The molecule has 0 spiro atoms. The van der Waals surface area contributed by atoms with Gasteiger partial charge in [0, 0.05) is 11.1 Å². The number of ketones is 1. The van der Waals surface area contributed by atoms with Crippen LogP contribution in [0, 0.1) is 0 Å². The molecule has 1 nitrogen and oxygen atoms in total. The maximum atomic E-state index is 12.4. The first-order chi connectivity index (χ1) is 8.81. The van der Waals surface area contributed by atoms with E-state index >= 15 is 0 Å². The van der Waals surface area contributed by atoms with Crippen molar-refractivity contribution in [3.05, 3.63) is 69.8 Å². The van der Waals surface area contributed by atoms with Crippen molar-refractivity contribution in [1.82, 2.24) is 0 Å². The molecule has 2 aromatic carbocycles. The van der Waals surface area contributed by atoms with E-state index in [-0.39, 0.29) is 5.78 Å². The SMILES string of the molecule is O=C(c1ccc2c(c1)CC2)c1ccc2c(c1)CC2. The van der Waals surface area contributed by atoms with Gasteiger partial charge in [-0.2, -0.15) is 0 Å². The van der Waals surface area contributed by atoms with E-state index < -0.39 is 0 Å². The van der Waals surface area contributed by atoms with E-state index in [9.17, 15) is 4.79 Å². The molecule has 2 aliphatic carbocycles. The van der Waals surface area contributed by atoms with E-state index in [4.69, 9.17) is 0 Å². The summed E-state index contributed by atoms with van der Waals surface area (Å²) < 4.78 is 0. The molecule has 2 aromatic rings. The van der Waals surface area contributed by atoms with Crippen molar-refractivity contribution in [2.24, 2.45) is 0 Å². The molecule has 0 amide bonds. The van der Waals surface area contributed by atoms with Crippen molar-refractivity contribution >= 4 is 5.78 Å². The number of hydrogen-bond donors (Lipinski definition) is 0. The summed E-state index contributed by atoms with van der Waals surface area (Å²) in [6.45, 7) is 0. The minimum absolute atomic E-state index is 0.166. The Morgan fingerprint density at radius 3 is 1.44 bits per heavy atom. The van der Waals surface area contributed by atoms with Crippen LogP contribution in [0.15, 0.2) is 36.4 Å². The highest BCUT2D eigenvalue weighted by atomic mass is 16.1.